The highest BCUT2D eigenvalue weighted by Gasteiger charge is 2.39. The molecule has 3 amide bonds. The van der Waals surface area contributed by atoms with Gasteiger partial charge in [0.1, 0.15) is 6.67 Å². The molecule has 0 spiro atoms. The van der Waals surface area contributed by atoms with Crippen LogP contribution in [0.1, 0.15) is 12.8 Å². The minimum atomic E-state index is -0.961. The number of carbonyl (C=O) groups excluding carboxylic acids is 2. The van der Waals surface area contributed by atoms with Crippen molar-refractivity contribution in [3.63, 3.8) is 0 Å². The lowest BCUT2D eigenvalue weighted by Gasteiger charge is -2.33. The largest absolute Gasteiger partial charge is 0.326 e. The van der Waals surface area contributed by atoms with Crippen molar-refractivity contribution < 1.29 is 14.0 Å². The van der Waals surface area contributed by atoms with Gasteiger partial charge in [-0.3, -0.25) is 4.79 Å². The molecule has 1 fully saturated rings. The van der Waals surface area contributed by atoms with Crippen LogP contribution in [0.4, 0.5) is 26.2 Å². The van der Waals surface area contributed by atoms with Gasteiger partial charge in [-0.25, -0.2) is 9.18 Å². The van der Waals surface area contributed by atoms with Crippen LogP contribution in [0.3, 0.4) is 0 Å². The minimum absolute atomic E-state index is 0.297. The Hall–Kier alpha value is -2.93. The Morgan fingerprint density at radius 3 is 1.93 bits per heavy atom. The van der Waals surface area contributed by atoms with Crippen molar-refractivity contribution >= 4 is 29.0 Å². The first-order valence-electron chi connectivity index (χ1n) is 8.93. The number of para-hydroxylation sites is 1. The second-order valence-electron chi connectivity index (χ2n) is 6.64. The Balaban J connectivity index is 1.56. The predicted octanol–water partition coefficient (Wildman–Crippen LogP) is 3.61. The molecular formula is C20H23FN4O2. The first-order chi connectivity index (χ1) is 13.1. The zero-order chi connectivity index (χ0) is 19.1. The van der Waals surface area contributed by atoms with Crippen molar-refractivity contribution in [3.8, 4) is 0 Å². The number of urea groups is 1. The zero-order valence-electron chi connectivity index (χ0n) is 14.9. The van der Waals surface area contributed by atoms with Gasteiger partial charge in [-0.15, -0.1) is 0 Å². The molecule has 2 aromatic carbocycles. The summed E-state index contributed by atoms with van der Waals surface area (Å²) in [7, 11) is 0. The average molecular weight is 370 g/mol. The van der Waals surface area contributed by atoms with E-state index in [9.17, 15) is 14.0 Å². The summed E-state index contributed by atoms with van der Waals surface area (Å²) in [4.78, 5) is 24.5. The van der Waals surface area contributed by atoms with Gasteiger partial charge in [-0.05, 0) is 62.3 Å². The number of nitrogens with one attached hydrogen (secondary N) is 4. The third-order valence-electron chi connectivity index (χ3n) is 4.73. The summed E-state index contributed by atoms with van der Waals surface area (Å²) >= 11 is 0. The summed E-state index contributed by atoms with van der Waals surface area (Å²) in [5.74, 6) is -0.297. The van der Waals surface area contributed by atoms with E-state index in [4.69, 9.17) is 0 Å². The zero-order valence-corrected chi connectivity index (χ0v) is 14.9. The molecule has 1 saturated heterocycles. The molecule has 6 nitrogen and oxygen atoms in total. The molecule has 27 heavy (non-hydrogen) atoms. The monoisotopic (exact) mass is 370 g/mol. The molecule has 1 aliphatic rings. The van der Waals surface area contributed by atoms with Crippen molar-refractivity contribution in [1.29, 1.82) is 0 Å². The van der Waals surface area contributed by atoms with Crippen LogP contribution in [0.25, 0.3) is 0 Å². The molecule has 0 saturated carbocycles. The number of piperidine rings is 1. The number of alkyl halides is 1. The molecule has 4 N–H and O–H groups in total. The average Bonchev–Trinajstić information content (AvgIpc) is 2.70. The summed E-state index contributed by atoms with van der Waals surface area (Å²) in [6.45, 7) is 0.604. The molecule has 0 atom stereocenters. The molecule has 3 rings (SSSR count). The Bertz CT molecular complexity index is 774. The fourth-order valence-corrected chi connectivity index (χ4v) is 3.04. The summed E-state index contributed by atoms with van der Waals surface area (Å²) < 4.78 is 13.5. The van der Waals surface area contributed by atoms with Crippen molar-refractivity contribution in [2.75, 3.05) is 35.7 Å². The summed E-state index contributed by atoms with van der Waals surface area (Å²) in [6.07, 6.45) is 0.962. The van der Waals surface area contributed by atoms with Gasteiger partial charge in [0.05, 0.1) is 5.41 Å². The number of amides is 3. The van der Waals surface area contributed by atoms with Crippen LogP contribution in [0.5, 0.6) is 0 Å². The Labute approximate surface area is 157 Å². The van der Waals surface area contributed by atoms with Crippen molar-refractivity contribution in [3.05, 3.63) is 54.6 Å². The highest BCUT2D eigenvalue weighted by Crippen LogP contribution is 2.31. The molecule has 142 valence electrons. The molecule has 1 aliphatic heterocycles. The van der Waals surface area contributed by atoms with Gasteiger partial charge < -0.3 is 21.3 Å². The Morgan fingerprint density at radius 2 is 1.37 bits per heavy atom. The topological polar surface area (TPSA) is 82.3 Å². The lowest BCUT2D eigenvalue weighted by atomic mass is 9.79. The minimum Gasteiger partial charge on any atom is -0.326 e. The summed E-state index contributed by atoms with van der Waals surface area (Å²) in [5.41, 5.74) is 0.888. The van der Waals surface area contributed by atoms with E-state index in [1.807, 2.05) is 18.2 Å². The highest BCUT2D eigenvalue weighted by atomic mass is 19.1. The SMILES string of the molecule is O=C(Nc1ccccc1)Nc1ccc(NC(=O)C2(CF)CCNCC2)cc1. The van der Waals surface area contributed by atoms with E-state index in [0.29, 0.717) is 43.0 Å². The maximum absolute atomic E-state index is 13.5. The maximum Gasteiger partial charge on any atom is 0.323 e. The van der Waals surface area contributed by atoms with Crippen LogP contribution in [0.15, 0.2) is 54.6 Å². The number of benzene rings is 2. The van der Waals surface area contributed by atoms with Crippen LogP contribution in [-0.4, -0.2) is 31.7 Å². The van der Waals surface area contributed by atoms with E-state index in [1.54, 1.807) is 36.4 Å². The number of carbonyl (C=O) groups is 2. The van der Waals surface area contributed by atoms with Gasteiger partial charge in [0.2, 0.25) is 5.91 Å². The smallest absolute Gasteiger partial charge is 0.323 e. The van der Waals surface area contributed by atoms with Crippen molar-refractivity contribution in [2.24, 2.45) is 5.41 Å². The van der Waals surface area contributed by atoms with Crippen LogP contribution in [0.2, 0.25) is 0 Å². The van der Waals surface area contributed by atoms with Gasteiger partial charge >= 0.3 is 6.03 Å². The Kier molecular flexibility index (Phi) is 6.03. The summed E-state index contributed by atoms with van der Waals surface area (Å²) in [5, 5.41) is 11.4. The van der Waals surface area contributed by atoms with E-state index in [-0.39, 0.29) is 11.9 Å². The molecule has 0 unspecified atom stereocenters. The maximum atomic E-state index is 13.5. The first-order valence-corrected chi connectivity index (χ1v) is 8.93. The first kappa shape index (κ1) is 18.8. The highest BCUT2D eigenvalue weighted by molar-refractivity contribution is 6.00. The van der Waals surface area contributed by atoms with Gasteiger partial charge in [-0.1, -0.05) is 18.2 Å². The standard InChI is InChI=1S/C20H23FN4O2/c21-14-20(10-12-22-13-11-20)18(26)23-16-6-8-17(9-7-16)25-19(27)24-15-4-2-1-3-5-15/h1-9,22H,10-14H2,(H,23,26)(H2,24,25,27). The predicted molar refractivity (Wildman–Crippen MR) is 105 cm³/mol. The number of hydrogen-bond acceptors (Lipinski definition) is 3. The van der Waals surface area contributed by atoms with Gasteiger partial charge in [0.15, 0.2) is 0 Å². The molecule has 1 heterocycles. The van der Waals surface area contributed by atoms with Gasteiger partial charge in [0.25, 0.3) is 0 Å². The summed E-state index contributed by atoms with van der Waals surface area (Å²) in [6, 6.07) is 15.5. The van der Waals surface area contributed by atoms with Gasteiger partial charge in [0, 0.05) is 17.1 Å². The van der Waals surface area contributed by atoms with Crippen LogP contribution in [-0.2, 0) is 4.79 Å². The number of halogens is 1. The third-order valence-corrected chi connectivity index (χ3v) is 4.73. The molecule has 2 aromatic rings. The molecule has 7 heteroatoms. The quantitative estimate of drug-likeness (QED) is 0.649. The molecular weight excluding hydrogens is 347 g/mol. The number of anilines is 3. The van der Waals surface area contributed by atoms with E-state index >= 15 is 0 Å². The lowest BCUT2D eigenvalue weighted by Crippen LogP contribution is -2.46. The fourth-order valence-electron chi connectivity index (χ4n) is 3.04. The number of rotatable bonds is 5. The second kappa shape index (κ2) is 8.64. The van der Waals surface area contributed by atoms with E-state index in [0.717, 1.165) is 0 Å². The van der Waals surface area contributed by atoms with Gasteiger partial charge in [-0.2, -0.15) is 0 Å². The van der Waals surface area contributed by atoms with E-state index in [1.165, 1.54) is 0 Å². The van der Waals surface area contributed by atoms with E-state index in [2.05, 4.69) is 21.3 Å². The molecule has 0 bridgehead atoms. The molecule has 0 radical (unpaired) electrons. The van der Waals surface area contributed by atoms with Crippen LogP contribution in [0, 0.1) is 5.41 Å². The number of hydrogen-bond donors (Lipinski definition) is 4. The fraction of sp³-hybridized carbons (Fsp3) is 0.300. The second-order valence-corrected chi connectivity index (χ2v) is 6.64. The molecule has 0 aromatic heterocycles. The van der Waals surface area contributed by atoms with Crippen LogP contribution >= 0.6 is 0 Å². The van der Waals surface area contributed by atoms with Crippen molar-refractivity contribution in [2.45, 2.75) is 12.8 Å². The Morgan fingerprint density at radius 1 is 0.852 bits per heavy atom. The van der Waals surface area contributed by atoms with Crippen molar-refractivity contribution in [1.82, 2.24) is 5.32 Å². The van der Waals surface area contributed by atoms with Crippen LogP contribution < -0.4 is 21.3 Å². The molecule has 0 aliphatic carbocycles. The van der Waals surface area contributed by atoms with E-state index < -0.39 is 12.1 Å². The normalized spacial score (nSPS) is 15.6. The lowest BCUT2D eigenvalue weighted by molar-refractivity contribution is -0.128. The third kappa shape index (κ3) is 4.83.